The van der Waals surface area contributed by atoms with Gasteiger partial charge in [0.15, 0.2) is 0 Å². The van der Waals surface area contributed by atoms with Crippen LogP contribution in [0, 0.1) is 11.3 Å². The predicted octanol–water partition coefficient (Wildman–Crippen LogP) is 3.02. The first-order valence-corrected chi connectivity index (χ1v) is 9.09. The number of halogens is 1. The second-order valence-electron chi connectivity index (χ2n) is 5.48. The Labute approximate surface area is 142 Å². The zero-order chi connectivity index (χ0) is 16.2. The number of amides is 1. The average Bonchev–Trinajstić information content (AvgIpc) is 3.26. The molecule has 0 aliphatic carbocycles. The summed E-state index contributed by atoms with van der Waals surface area (Å²) in [5, 5.41) is 15.6. The molecule has 3 rings (SSSR count). The molecule has 0 unspecified atom stereocenters. The average molecular weight is 349 g/mol. The number of hydrogen-bond acceptors (Lipinski definition) is 5. The van der Waals surface area contributed by atoms with Gasteiger partial charge in [-0.3, -0.25) is 9.69 Å². The molecule has 1 N–H and O–H groups in total. The number of carbonyl (C=O) groups is 1. The van der Waals surface area contributed by atoms with Crippen molar-refractivity contribution in [2.45, 2.75) is 25.2 Å². The second kappa shape index (κ2) is 7.21. The number of carbonyl (C=O) groups excluding carboxylic acids is 1. The molecule has 2 aromatic rings. The van der Waals surface area contributed by atoms with Crippen molar-refractivity contribution in [2.24, 2.45) is 0 Å². The van der Waals surface area contributed by atoms with Crippen LogP contribution in [0.5, 0.6) is 0 Å². The highest BCUT2D eigenvalue weighted by atomic mass is 32.1. The third-order valence-electron chi connectivity index (χ3n) is 3.91. The minimum Gasteiger partial charge on any atom is -0.350 e. The fraction of sp³-hybridized carbons (Fsp3) is 0.375. The zero-order valence-electron chi connectivity index (χ0n) is 12.4. The molecule has 120 valence electrons. The van der Waals surface area contributed by atoms with Gasteiger partial charge in [0.25, 0.3) is 5.91 Å². The fourth-order valence-electron chi connectivity index (χ4n) is 2.80. The lowest BCUT2D eigenvalue weighted by Crippen LogP contribution is -2.39. The first kappa shape index (κ1) is 16.1. The normalized spacial score (nSPS) is 21.2. The van der Waals surface area contributed by atoms with Crippen LogP contribution in [-0.2, 0) is 6.54 Å². The highest BCUT2D eigenvalue weighted by Crippen LogP contribution is 2.24. The summed E-state index contributed by atoms with van der Waals surface area (Å²) in [6, 6.07) is 7.66. The van der Waals surface area contributed by atoms with Crippen LogP contribution in [0.4, 0.5) is 4.39 Å². The smallest absolute Gasteiger partial charge is 0.262 e. The molecule has 23 heavy (non-hydrogen) atoms. The van der Waals surface area contributed by atoms with E-state index in [2.05, 4.69) is 10.2 Å². The van der Waals surface area contributed by atoms with E-state index in [9.17, 15) is 9.18 Å². The van der Waals surface area contributed by atoms with Gasteiger partial charge in [0.1, 0.15) is 17.1 Å². The Balaban J connectivity index is 1.60. The van der Waals surface area contributed by atoms with Gasteiger partial charge >= 0.3 is 0 Å². The van der Waals surface area contributed by atoms with E-state index in [0.717, 1.165) is 0 Å². The predicted molar refractivity (Wildman–Crippen MR) is 89.4 cm³/mol. The van der Waals surface area contributed by atoms with Gasteiger partial charge in [-0.15, -0.1) is 22.7 Å². The third kappa shape index (κ3) is 3.78. The Bertz CT molecular complexity index is 707. The van der Waals surface area contributed by atoms with E-state index in [1.807, 2.05) is 23.6 Å². The van der Waals surface area contributed by atoms with Crippen LogP contribution in [0.15, 0.2) is 29.0 Å². The van der Waals surface area contributed by atoms with Gasteiger partial charge in [-0.05, 0) is 29.3 Å². The Morgan fingerprint density at radius 2 is 2.30 bits per heavy atom. The lowest BCUT2D eigenvalue weighted by Gasteiger charge is -2.23. The molecule has 4 nitrogen and oxygen atoms in total. The molecule has 0 spiro atoms. The minimum atomic E-state index is -0.853. The van der Waals surface area contributed by atoms with Gasteiger partial charge in [0, 0.05) is 30.6 Å². The maximum absolute atomic E-state index is 13.8. The number of nitrogens with one attached hydrogen (secondary N) is 1. The molecule has 1 aliphatic heterocycles. The van der Waals surface area contributed by atoms with Gasteiger partial charge in [0.05, 0.1) is 5.56 Å². The summed E-state index contributed by atoms with van der Waals surface area (Å²) in [4.78, 5) is 15.9. The summed E-state index contributed by atoms with van der Waals surface area (Å²) in [6.45, 7) is 1.51. The first-order chi connectivity index (χ1) is 11.2. The molecule has 2 atom stereocenters. The standard InChI is InChI=1S/C16H16FN3OS2/c17-12-6-13(20(9-12)10-14-2-1-4-22-14)8-19-16(21)15-11(7-18)3-5-23-15/h1-5,12-13H,6,8-10H2,(H,19,21)/t12-,13-/m0/s1. The van der Waals surface area contributed by atoms with Crippen LogP contribution in [0.25, 0.3) is 0 Å². The highest BCUT2D eigenvalue weighted by molar-refractivity contribution is 7.12. The Hall–Kier alpha value is -1.75. The molecule has 1 amide bonds. The lowest BCUT2D eigenvalue weighted by atomic mass is 10.2. The van der Waals surface area contributed by atoms with Gasteiger partial charge in [-0.2, -0.15) is 5.26 Å². The fourth-order valence-corrected chi connectivity index (χ4v) is 4.28. The SMILES string of the molecule is N#Cc1ccsc1C(=O)NC[C@@H]1C[C@H](F)CN1Cc1cccs1. The molecule has 0 aromatic carbocycles. The quantitative estimate of drug-likeness (QED) is 0.903. The first-order valence-electron chi connectivity index (χ1n) is 7.33. The number of hydrogen-bond donors (Lipinski definition) is 1. The third-order valence-corrected chi connectivity index (χ3v) is 5.68. The summed E-state index contributed by atoms with van der Waals surface area (Å²) < 4.78 is 13.8. The zero-order valence-corrected chi connectivity index (χ0v) is 14.0. The van der Waals surface area contributed by atoms with E-state index < -0.39 is 6.17 Å². The van der Waals surface area contributed by atoms with Crippen LogP contribution >= 0.6 is 22.7 Å². The number of alkyl halides is 1. The number of nitriles is 1. The van der Waals surface area contributed by atoms with Crippen LogP contribution in [0.3, 0.4) is 0 Å². The Morgan fingerprint density at radius 3 is 3.04 bits per heavy atom. The Morgan fingerprint density at radius 1 is 1.43 bits per heavy atom. The molecule has 2 aromatic heterocycles. The Kier molecular flexibility index (Phi) is 5.06. The molecule has 1 saturated heterocycles. The molecule has 1 fully saturated rings. The molecule has 0 saturated carbocycles. The van der Waals surface area contributed by atoms with Crippen molar-refractivity contribution in [3.05, 3.63) is 44.3 Å². The van der Waals surface area contributed by atoms with E-state index in [4.69, 9.17) is 5.26 Å². The van der Waals surface area contributed by atoms with E-state index in [0.29, 0.717) is 36.5 Å². The van der Waals surface area contributed by atoms with Crippen LogP contribution in [-0.4, -0.2) is 36.1 Å². The number of nitrogens with zero attached hydrogens (tertiary/aromatic N) is 2. The van der Waals surface area contributed by atoms with Crippen molar-refractivity contribution in [3.63, 3.8) is 0 Å². The van der Waals surface area contributed by atoms with Crippen molar-refractivity contribution in [1.29, 1.82) is 5.26 Å². The molecular formula is C16H16FN3OS2. The van der Waals surface area contributed by atoms with Crippen LogP contribution in [0.2, 0.25) is 0 Å². The van der Waals surface area contributed by atoms with Crippen molar-refractivity contribution in [3.8, 4) is 6.07 Å². The molecule has 0 radical (unpaired) electrons. The molecular weight excluding hydrogens is 333 g/mol. The minimum absolute atomic E-state index is 0.0125. The number of likely N-dealkylation sites (tertiary alicyclic amines) is 1. The van der Waals surface area contributed by atoms with Crippen molar-refractivity contribution in [2.75, 3.05) is 13.1 Å². The summed E-state index contributed by atoms with van der Waals surface area (Å²) >= 11 is 2.90. The molecule has 1 aliphatic rings. The number of thiophene rings is 2. The second-order valence-corrected chi connectivity index (χ2v) is 7.43. The van der Waals surface area contributed by atoms with Crippen molar-refractivity contribution in [1.82, 2.24) is 10.2 Å². The van der Waals surface area contributed by atoms with Crippen LogP contribution < -0.4 is 5.32 Å². The number of rotatable bonds is 5. The van der Waals surface area contributed by atoms with E-state index >= 15 is 0 Å². The van der Waals surface area contributed by atoms with Crippen molar-refractivity contribution < 1.29 is 9.18 Å². The van der Waals surface area contributed by atoms with Crippen molar-refractivity contribution >= 4 is 28.6 Å². The largest absolute Gasteiger partial charge is 0.350 e. The molecule has 7 heteroatoms. The highest BCUT2D eigenvalue weighted by Gasteiger charge is 2.32. The summed E-state index contributed by atoms with van der Waals surface area (Å²) in [5.74, 6) is -0.255. The summed E-state index contributed by atoms with van der Waals surface area (Å²) in [5.41, 5.74) is 0.387. The van der Waals surface area contributed by atoms with E-state index in [1.165, 1.54) is 16.2 Å². The summed E-state index contributed by atoms with van der Waals surface area (Å²) in [7, 11) is 0. The maximum Gasteiger partial charge on any atom is 0.262 e. The van der Waals surface area contributed by atoms with E-state index in [1.54, 1.807) is 22.8 Å². The van der Waals surface area contributed by atoms with Crippen LogP contribution in [0.1, 0.15) is 26.5 Å². The van der Waals surface area contributed by atoms with Gasteiger partial charge in [-0.1, -0.05) is 6.07 Å². The lowest BCUT2D eigenvalue weighted by molar-refractivity contribution is 0.0944. The monoisotopic (exact) mass is 349 g/mol. The topological polar surface area (TPSA) is 56.1 Å². The molecule has 0 bridgehead atoms. The van der Waals surface area contributed by atoms with E-state index in [-0.39, 0.29) is 11.9 Å². The van der Waals surface area contributed by atoms with Gasteiger partial charge in [0.2, 0.25) is 0 Å². The molecule has 3 heterocycles. The van der Waals surface area contributed by atoms with Gasteiger partial charge < -0.3 is 5.32 Å². The maximum atomic E-state index is 13.8. The summed E-state index contributed by atoms with van der Waals surface area (Å²) in [6.07, 6.45) is -0.422. The van der Waals surface area contributed by atoms with Gasteiger partial charge in [-0.25, -0.2) is 4.39 Å².